The second-order valence-electron chi connectivity index (χ2n) is 9.91. The highest BCUT2D eigenvalue weighted by Gasteiger charge is 2.42. The molecule has 3 heterocycles. The first-order valence-electron chi connectivity index (χ1n) is 12.4. The van der Waals surface area contributed by atoms with Crippen molar-refractivity contribution in [3.8, 4) is 0 Å². The topological polar surface area (TPSA) is 76.3 Å². The molecule has 1 aliphatic heterocycles. The molecule has 0 bridgehead atoms. The highest BCUT2D eigenvalue weighted by atomic mass is 16.2. The molecule has 1 N–H and O–H groups in total. The summed E-state index contributed by atoms with van der Waals surface area (Å²) in [6.45, 7) is 3.86. The van der Waals surface area contributed by atoms with E-state index in [9.17, 15) is 9.59 Å². The van der Waals surface area contributed by atoms with Crippen LogP contribution >= 0.6 is 0 Å². The normalized spacial score (nSPS) is 20.0. The van der Waals surface area contributed by atoms with Crippen LogP contribution in [0.3, 0.4) is 0 Å². The van der Waals surface area contributed by atoms with Crippen LogP contribution in [0.5, 0.6) is 0 Å². The molecule has 1 aliphatic carbocycles. The van der Waals surface area contributed by atoms with E-state index >= 15 is 0 Å². The van der Waals surface area contributed by atoms with Crippen molar-refractivity contribution in [1.82, 2.24) is 9.55 Å². The summed E-state index contributed by atoms with van der Waals surface area (Å²) >= 11 is 0. The van der Waals surface area contributed by atoms with Crippen LogP contribution in [0, 0.1) is 12.8 Å². The Kier molecular flexibility index (Phi) is 5.32. The van der Waals surface area contributed by atoms with Gasteiger partial charge in [-0.3, -0.25) is 14.6 Å². The number of nitrogens with zero attached hydrogens (tertiary/aromatic N) is 3. The summed E-state index contributed by atoms with van der Waals surface area (Å²) in [6.07, 6.45) is 3.79. The second kappa shape index (κ2) is 8.55. The summed E-state index contributed by atoms with van der Waals surface area (Å²) in [4.78, 5) is 36.2. The van der Waals surface area contributed by atoms with Gasteiger partial charge in [0.05, 0.1) is 5.92 Å². The zero-order valence-electron chi connectivity index (χ0n) is 20.7. The van der Waals surface area contributed by atoms with Gasteiger partial charge in [0.2, 0.25) is 5.91 Å². The first kappa shape index (κ1) is 22.4. The van der Waals surface area contributed by atoms with E-state index in [1.807, 2.05) is 32.0 Å². The van der Waals surface area contributed by atoms with Gasteiger partial charge in [0, 0.05) is 64.4 Å². The summed E-state index contributed by atoms with van der Waals surface area (Å²) < 4.78 is 2.19. The fourth-order valence-electron chi connectivity index (χ4n) is 5.83. The Morgan fingerprint density at radius 3 is 2.61 bits per heavy atom. The smallest absolute Gasteiger partial charge is 0.235 e. The second-order valence-corrected chi connectivity index (χ2v) is 9.91. The predicted molar refractivity (Wildman–Crippen MR) is 143 cm³/mol. The quantitative estimate of drug-likeness (QED) is 0.403. The van der Waals surface area contributed by atoms with Gasteiger partial charge in [0.25, 0.3) is 0 Å². The van der Waals surface area contributed by atoms with Crippen molar-refractivity contribution in [1.29, 1.82) is 0 Å². The zero-order chi connectivity index (χ0) is 25.0. The molecular weight excluding hydrogens is 448 g/mol. The number of Topliss-reactive ketones (excluding diaryl/α,β-unsaturated/α-hetero) is 1. The molecule has 6 rings (SSSR count). The Hall–Kier alpha value is -4.06. The number of ketones is 1. The lowest BCUT2D eigenvalue weighted by atomic mass is 9.71. The standard InChI is InChI=1S/C30H28N4O2/c1-17-11-14-26(31-16-17)33-30(36)27-18(2)32-22-8-6-10-25(35)29(22)28(27)19-12-13-24-21(15-19)20-7-4-5-9-23(20)34(24)3/h4-5,7,9,11-16,27-28H,6,8,10H2,1-3H3,(H,31,33,36). The van der Waals surface area contributed by atoms with Gasteiger partial charge in [-0.25, -0.2) is 4.98 Å². The first-order valence-corrected chi connectivity index (χ1v) is 12.4. The Labute approximate surface area is 209 Å². The number of allylic oxidation sites excluding steroid dienone is 2. The Bertz CT molecular complexity index is 1610. The van der Waals surface area contributed by atoms with Gasteiger partial charge >= 0.3 is 0 Å². The lowest BCUT2D eigenvalue weighted by Crippen LogP contribution is -2.39. The van der Waals surface area contributed by atoms with Crippen molar-refractivity contribution < 1.29 is 9.59 Å². The number of nitrogens with one attached hydrogen (secondary N) is 1. The van der Waals surface area contributed by atoms with Crippen LogP contribution in [-0.2, 0) is 16.6 Å². The van der Waals surface area contributed by atoms with Crippen LogP contribution in [0.15, 0.2) is 77.1 Å². The molecule has 2 unspecified atom stereocenters. The van der Waals surface area contributed by atoms with Crippen LogP contribution in [0.25, 0.3) is 21.8 Å². The molecule has 0 saturated heterocycles. The van der Waals surface area contributed by atoms with Gasteiger partial charge < -0.3 is 9.88 Å². The van der Waals surface area contributed by atoms with Gasteiger partial charge in [-0.1, -0.05) is 30.3 Å². The van der Waals surface area contributed by atoms with E-state index < -0.39 is 5.92 Å². The van der Waals surface area contributed by atoms with Crippen LogP contribution in [0.2, 0.25) is 0 Å². The number of fused-ring (bicyclic) bond motifs is 3. The number of carbonyl (C=O) groups excluding carboxylic acids is 2. The summed E-state index contributed by atoms with van der Waals surface area (Å²) in [7, 11) is 2.07. The molecular formula is C30H28N4O2. The molecule has 6 nitrogen and oxygen atoms in total. The Balaban J connectivity index is 1.50. The molecule has 180 valence electrons. The molecule has 0 fully saturated rings. The van der Waals surface area contributed by atoms with Crippen LogP contribution in [-0.4, -0.2) is 27.0 Å². The number of para-hydroxylation sites is 1. The molecule has 2 aromatic carbocycles. The number of amides is 1. The highest BCUT2D eigenvalue weighted by molar-refractivity contribution is 6.14. The van der Waals surface area contributed by atoms with Crippen molar-refractivity contribution in [2.45, 2.75) is 39.0 Å². The maximum Gasteiger partial charge on any atom is 0.235 e. The van der Waals surface area contributed by atoms with Gasteiger partial charge in [0.15, 0.2) is 5.78 Å². The highest BCUT2D eigenvalue weighted by Crippen LogP contribution is 2.44. The van der Waals surface area contributed by atoms with Crippen molar-refractivity contribution in [3.63, 3.8) is 0 Å². The van der Waals surface area contributed by atoms with Crippen LogP contribution < -0.4 is 5.32 Å². The summed E-state index contributed by atoms with van der Waals surface area (Å²) in [5.41, 5.74) is 6.53. The number of aromatic nitrogens is 2. The van der Waals surface area contributed by atoms with E-state index in [2.05, 4.69) is 52.2 Å². The van der Waals surface area contributed by atoms with Gasteiger partial charge in [-0.2, -0.15) is 0 Å². The lowest BCUT2D eigenvalue weighted by Gasteiger charge is -2.35. The van der Waals surface area contributed by atoms with Crippen molar-refractivity contribution >= 4 is 45.0 Å². The number of rotatable bonds is 3. The third kappa shape index (κ3) is 3.56. The SMILES string of the molecule is CC1=NC2=C(C(=O)CCC2)C(c2ccc3c(c2)c2ccccc2n3C)C1C(=O)Nc1ccc(C)cn1. The average molecular weight is 477 g/mol. The first-order chi connectivity index (χ1) is 17.4. The molecule has 0 saturated carbocycles. The van der Waals surface area contributed by atoms with E-state index in [0.717, 1.165) is 57.2 Å². The number of hydrogen-bond acceptors (Lipinski definition) is 4. The van der Waals surface area contributed by atoms with Gasteiger partial charge in [-0.05, 0) is 62.1 Å². The lowest BCUT2D eigenvalue weighted by molar-refractivity contribution is -0.119. The third-order valence-corrected chi connectivity index (χ3v) is 7.58. The molecule has 36 heavy (non-hydrogen) atoms. The van der Waals surface area contributed by atoms with Crippen LogP contribution in [0.1, 0.15) is 43.2 Å². The summed E-state index contributed by atoms with van der Waals surface area (Å²) in [6, 6.07) is 18.4. The molecule has 2 atom stereocenters. The van der Waals surface area contributed by atoms with E-state index in [0.29, 0.717) is 17.8 Å². The predicted octanol–water partition coefficient (Wildman–Crippen LogP) is 5.86. The molecule has 6 heteroatoms. The fourth-order valence-corrected chi connectivity index (χ4v) is 5.83. The van der Waals surface area contributed by atoms with Gasteiger partial charge in [-0.15, -0.1) is 0 Å². The molecule has 4 aromatic rings. The molecule has 2 aliphatic rings. The number of carbonyl (C=O) groups is 2. The number of hydrogen-bond donors (Lipinski definition) is 1. The number of aliphatic imine (C=N–C) groups is 1. The van der Waals surface area contributed by atoms with Gasteiger partial charge in [0.1, 0.15) is 5.82 Å². The zero-order valence-corrected chi connectivity index (χ0v) is 20.7. The number of anilines is 1. The third-order valence-electron chi connectivity index (χ3n) is 7.58. The van der Waals surface area contributed by atoms with E-state index in [1.54, 1.807) is 12.3 Å². The molecule has 0 radical (unpaired) electrons. The van der Waals surface area contributed by atoms with Crippen molar-refractivity contribution in [2.24, 2.45) is 18.0 Å². The minimum atomic E-state index is -0.596. The minimum Gasteiger partial charge on any atom is -0.344 e. The maximum atomic E-state index is 13.7. The van der Waals surface area contributed by atoms with E-state index in [4.69, 9.17) is 4.99 Å². The molecule has 2 aromatic heterocycles. The van der Waals surface area contributed by atoms with E-state index in [1.165, 1.54) is 0 Å². The fraction of sp³-hybridized carbons (Fsp3) is 0.267. The van der Waals surface area contributed by atoms with Crippen molar-refractivity contribution in [3.05, 3.63) is 83.2 Å². The molecule has 0 spiro atoms. The average Bonchev–Trinajstić information content (AvgIpc) is 3.16. The van der Waals surface area contributed by atoms with Crippen molar-refractivity contribution in [2.75, 3.05) is 5.32 Å². The Morgan fingerprint density at radius 2 is 1.81 bits per heavy atom. The monoisotopic (exact) mass is 476 g/mol. The maximum absolute atomic E-state index is 13.7. The number of aryl methyl sites for hydroxylation is 2. The minimum absolute atomic E-state index is 0.0989. The number of pyridine rings is 1. The Morgan fingerprint density at radius 1 is 1.00 bits per heavy atom. The van der Waals surface area contributed by atoms with Crippen LogP contribution in [0.4, 0.5) is 5.82 Å². The number of benzene rings is 2. The summed E-state index contributed by atoms with van der Waals surface area (Å²) in [5, 5.41) is 5.26. The summed E-state index contributed by atoms with van der Waals surface area (Å²) in [5.74, 6) is -0.584. The molecule has 1 amide bonds. The largest absolute Gasteiger partial charge is 0.344 e. The van der Waals surface area contributed by atoms with E-state index in [-0.39, 0.29) is 17.6 Å².